The molecule has 0 amide bonds. The number of nitrogens with zero attached hydrogens (tertiary/aromatic N) is 1. The van der Waals surface area contributed by atoms with Crippen molar-refractivity contribution in [3.63, 3.8) is 0 Å². The molecule has 0 aliphatic carbocycles. The number of halogens is 2. The number of thiazole rings is 1. The molecular weight excluding hydrogens is 287 g/mol. The van der Waals surface area contributed by atoms with E-state index in [0.29, 0.717) is 15.7 Å². The molecule has 0 fully saturated rings. The van der Waals surface area contributed by atoms with Gasteiger partial charge in [0.25, 0.3) is 0 Å². The van der Waals surface area contributed by atoms with Gasteiger partial charge in [0, 0.05) is 10.6 Å². The minimum absolute atomic E-state index is 0.546. The lowest BCUT2D eigenvalue weighted by atomic mass is 10.2. The van der Waals surface area contributed by atoms with Crippen LogP contribution in [0.25, 0.3) is 20.8 Å². The fraction of sp³-hybridized carbons (Fsp3) is 0. The topological polar surface area (TPSA) is 38.9 Å². The minimum Gasteiger partial charge on any atom is -0.398 e. The quantitative estimate of drug-likeness (QED) is 0.652. The molecule has 90 valence electrons. The van der Waals surface area contributed by atoms with Crippen molar-refractivity contribution in [2.75, 3.05) is 5.73 Å². The van der Waals surface area contributed by atoms with Crippen LogP contribution in [0, 0.1) is 0 Å². The molecule has 2 aromatic carbocycles. The molecule has 2 nitrogen and oxygen atoms in total. The second-order valence-electron chi connectivity index (χ2n) is 3.87. The van der Waals surface area contributed by atoms with Crippen LogP contribution in [0.1, 0.15) is 0 Å². The third kappa shape index (κ3) is 2.05. The monoisotopic (exact) mass is 294 g/mol. The lowest BCUT2D eigenvalue weighted by Crippen LogP contribution is -1.86. The van der Waals surface area contributed by atoms with E-state index in [2.05, 4.69) is 4.98 Å². The Labute approximate surface area is 118 Å². The normalized spacial score (nSPS) is 11.0. The molecular formula is C13H8Cl2N2S. The van der Waals surface area contributed by atoms with Gasteiger partial charge in [-0.2, -0.15) is 0 Å². The molecule has 1 heterocycles. The standard InChI is InChI=1S/C13H8Cl2N2S/c14-8-2-4-11-12(6-8)18-13(17-11)7-1-3-10(16)9(15)5-7/h1-6H,16H2. The number of rotatable bonds is 1. The summed E-state index contributed by atoms with van der Waals surface area (Å²) in [5.74, 6) is 0. The van der Waals surface area contributed by atoms with Gasteiger partial charge in [-0.3, -0.25) is 0 Å². The molecule has 0 spiro atoms. The predicted molar refractivity (Wildman–Crippen MR) is 79.5 cm³/mol. The van der Waals surface area contributed by atoms with Gasteiger partial charge in [-0.25, -0.2) is 4.98 Å². The van der Waals surface area contributed by atoms with Crippen molar-refractivity contribution >= 4 is 50.4 Å². The summed E-state index contributed by atoms with van der Waals surface area (Å²) in [4.78, 5) is 4.56. The molecule has 18 heavy (non-hydrogen) atoms. The molecule has 0 aliphatic heterocycles. The van der Waals surface area contributed by atoms with E-state index in [1.807, 2.05) is 30.3 Å². The van der Waals surface area contributed by atoms with Gasteiger partial charge >= 0.3 is 0 Å². The summed E-state index contributed by atoms with van der Waals surface area (Å²) in [7, 11) is 0. The van der Waals surface area contributed by atoms with Crippen LogP contribution in [0.15, 0.2) is 36.4 Å². The van der Waals surface area contributed by atoms with Crippen LogP contribution in [0.2, 0.25) is 10.0 Å². The number of nitrogen functional groups attached to an aromatic ring is 1. The van der Waals surface area contributed by atoms with Crippen LogP contribution in [-0.2, 0) is 0 Å². The third-order valence-electron chi connectivity index (χ3n) is 2.60. The molecule has 0 bridgehead atoms. The maximum absolute atomic E-state index is 6.02. The third-order valence-corrected chi connectivity index (χ3v) is 4.23. The lowest BCUT2D eigenvalue weighted by molar-refractivity contribution is 1.48. The number of hydrogen-bond donors (Lipinski definition) is 1. The molecule has 2 N–H and O–H groups in total. The number of benzene rings is 2. The first-order chi connectivity index (χ1) is 8.63. The van der Waals surface area contributed by atoms with E-state index in [0.717, 1.165) is 20.8 Å². The summed E-state index contributed by atoms with van der Waals surface area (Å²) in [6.45, 7) is 0. The number of aromatic nitrogens is 1. The van der Waals surface area contributed by atoms with Crippen molar-refractivity contribution in [3.8, 4) is 10.6 Å². The Kier molecular flexibility index (Phi) is 2.90. The second-order valence-corrected chi connectivity index (χ2v) is 5.74. The molecule has 5 heteroatoms. The lowest BCUT2D eigenvalue weighted by Gasteiger charge is -1.99. The zero-order valence-electron chi connectivity index (χ0n) is 9.15. The van der Waals surface area contributed by atoms with Gasteiger partial charge in [-0.05, 0) is 36.4 Å². The number of anilines is 1. The van der Waals surface area contributed by atoms with E-state index in [-0.39, 0.29) is 0 Å². The van der Waals surface area contributed by atoms with Crippen LogP contribution in [0.5, 0.6) is 0 Å². The van der Waals surface area contributed by atoms with Crippen molar-refractivity contribution in [2.24, 2.45) is 0 Å². The Morgan fingerprint density at radius 3 is 2.67 bits per heavy atom. The first-order valence-electron chi connectivity index (χ1n) is 5.25. The van der Waals surface area contributed by atoms with E-state index >= 15 is 0 Å². The summed E-state index contributed by atoms with van der Waals surface area (Å²) >= 11 is 13.6. The summed E-state index contributed by atoms with van der Waals surface area (Å²) < 4.78 is 1.06. The van der Waals surface area contributed by atoms with Crippen LogP contribution >= 0.6 is 34.5 Å². The molecule has 0 unspecified atom stereocenters. The van der Waals surface area contributed by atoms with Crippen LogP contribution in [0.3, 0.4) is 0 Å². The fourth-order valence-corrected chi connectivity index (χ4v) is 3.10. The highest BCUT2D eigenvalue weighted by Gasteiger charge is 2.08. The smallest absolute Gasteiger partial charge is 0.124 e. The van der Waals surface area contributed by atoms with Gasteiger partial charge in [0.05, 0.1) is 20.9 Å². The number of nitrogens with two attached hydrogens (primary N) is 1. The average molecular weight is 295 g/mol. The fourth-order valence-electron chi connectivity index (χ4n) is 1.68. The van der Waals surface area contributed by atoms with Gasteiger partial charge in [0.2, 0.25) is 0 Å². The van der Waals surface area contributed by atoms with Crippen molar-refractivity contribution in [1.29, 1.82) is 0 Å². The summed E-state index contributed by atoms with van der Waals surface area (Å²) in [6.07, 6.45) is 0. The summed E-state index contributed by atoms with van der Waals surface area (Å²) in [6, 6.07) is 11.2. The Hall–Kier alpha value is -1.29. The van der Waals surface area contributed by atoms with Crippen LogP contribution in [0.4, 0.5) is 5.69 Å². The van der Waals surface area contributed by atoms with Gasteiger partial charge in [-0.1, -0.05) is 23.2 Å². The van der Waals surface area contributed by atoms with Crippen molar-refractivity contribution in [3.05, 3.63) is 46.4 Å². The number of fused-ring (bicyclic) bond motifs is 1. The summed E-state index contributed by atoms with van der Waals surface area (Å²) in [5.41, 5.74) is 8.17. The van der Waals surface area contributed by atoms with E-state index in [1.165, 1.54) is 0 Å². The molecule has 0 saturated heterocycles. The predicted octanol–water partition coefficient (Wildman–Crippen LogP) is 4.85. The van der Waals surface area contributed by atoms with Crippen LogP contribution in [-0.4, -0.2) is 4.98 Å². The summed E-state index contributed by atoms with van der Waals surface area (Å²) in [5, 5.41) is 2.17. The Balaban J connectivity index is 2.16. The highest BCUT2D eigenvalue weighted by molar-refractivity contribution is 7.21. The highest BCUT2D eigenvalue weighted by Crippen LogP contribution is 2.33. The molecule has 1 aromatic heterocycles. The zero-order valence-corrected chi connectivity index (χ0v) is 11.5. The first-order valence-corrected chi connectivity index (χ1v) is 6.82. The average Bonchev–Trinajstić information content (AvgIpc) is 2.75. The van der Waals surface area contributed by atoms with E-state index in [1.54, 1.807) is 17.4 Å². The van der Waals surface area contributed by atoms with Gasteiger partial charge in [0.1, 0.15) is 5.01 Å². The molecule has 3 aromatic rings. The largest absolute Gasteiger partial charge is 0.398 e. The van der Waals surface area contributed by atoms with Gasteiger partial charge in [0.15, 0.2) is 0 Å². The van der Waals surface area contributed by atoms with Gasteiger partial charge < -0.3 is 5.73 Å². The molecule has 0 radical (unpaired) electrons. The molecule has 0 saturated carbocycles. The zero-order chi connectivity index (χ0) is 12.7. The van der Waals surface area contributed by atoms with Crippen molar-refractivity contribution in [2.45, 2.75) is 0 Å². The van der Waals surface area contributed by atoms with Crippen LogP contribution < -0.4 is 5.73 Å². The molecule has 3 rings (SSSR count). The van der Waals surface area contributed by atoms with E-state index in [9.17, 15) is 0 Å². The highest BCUT2D eigenvalue weighted by atomic mass is 35.5. The Bertz CT molecular complexity index is 737. The maximum atomic E-state index is 6.02. The van der Waals surface area contributed by atoms with Crippen molar-refractivity contribution < 1.29 is 0 Å². The van der Waals surface area contributed by atoms with E-state index in [4.69, 9.17) is 28.9 Å². The first kappa shape index (κ1) is 11.8. The molecule has 0 aliphatic rings. The SMILES string of the molecule is Nc1ccc(-c2nc3ccc(Cl)cc3s2)cc1Cl. The number of hydrogen-bond acceptors (Lipinski definition) is 3. The minimum atomic E-state index is 0.546. The Morgan fingerprint density at radius 1 is 1.06 bits per heavy atom. The van der Waals surface area contributed by atoms with E-state index < -0.39 is 0 Å². The van der Waals surface area contributed by atoms with Crippen molar-refractivity contribution in [1.82, 2.24) is 4.98 Å². The second kappa shape index (κ2) is 4.43. The van der Waals surface area contributed by atoms with Gasteiger partial charge in [-0.15, -0.1) is 11.3 Å². The molecule has 0 atom stereocenters. The maximum Gasteiger partial charge on any atom is 0.124 e. The Morgan fingerprint density at radius 2 is 1.89 bits per heavy atom.